The molecule has 1 aliphatic heterocycles. The van der Waals surface area contributed by atoms with Crippen molar-refractivity contribution in [1.29, 1.82) is 0 Å². The Bertz CT molecular complexity index is 484. The molecule has 0 radical (unpaired) electrons. The number of ether oxygens (including phenoxy) is 1. The highest BCUT2D eigenvalue weighted by Crippen LogP contribution is 2.24. The Labute approximate surface area is 126 Å². The number of carbonyl (C=O) groups excluding carboxylic acids is 1. The first-order valence-electron chi connectivity index (χ1n) is 7.62. The van der Waals surface area contributed by atoms with Crippen LogP contribution in [-0.4, -0.2) is 50.7 Å². The number of rotatable bonds is 6. The van der Waals surface area contributed by atoms with Crippen molar-refractivity contribution in [2.24, 2.45) is 0 Å². The lowest BCUT2D eigenvalue weighted by molar-refractivity contribution is 0.0526. The molecule has 1 aromatic rings. The van der Waals surface area contributed by atoms with Gasteiger partial charge in [-0.15, -0.1) is 0 Å². The summed E-state index contributed by atoms with van der Waals surface area (Å²) in [5, 5.41) is 0. The zero-order chi connectivity index (χ0) is 15.2. The lowest BCUT2D eigenvalue weighted by Crippen LogP contribution is -2.31. The SMILES string of the molecule is CCOC(=O)c1ccc(N)c(N(C)CCN2CCCC2)c1. The molecule has 1 heterocycles. The van der Waals surface area contributed by atoms with Gasteiger partial charge in [-0.2, -0.15) is 0 Å². The van der Waals surface area contributed by atoms with Crippen LogP contribution in [0.2, 0.25) is 0 Å². The molecule has 0 spiro atoms. The van der Waals surface area contributed by atoms with Crippen LogP contribution >= 0.6 is 0 Å². The van der Waals surface area contributed by atoms with Gasteiger partial charge in [-0.25, -0.2) is 4.79 Å². The van der Waals surface area contributed by atoms with Gasteiger partial charge < -0.3 is 20.3 Å². The number of nitrogens with zero attached hydrogens (tertiary/aromatic N) is 2. The summed E-state index contributed by atoms with van der Waals surface area (Å²) in [6, 6.07) is 5.30. The Kier molecular flexibility index (Phi) is 5.44. The molecule has 0 amide bonds. The van der Waals surface area contributed by atoms with Crippen LogP contribution in [0.5, 0.6) is 0 Å². The van der Waals surface area contributed by atoms with Crippen molar-refractivity contribution in [3.63, 3.8) is 0 Å². The Morgan fingerprint density at radius 2 is 2.10 bits per heavy atom. The topological polar surface area (TPSA) is 58.8 Å². The van der Waals surface area contributed by atoms with E-state index >= 15 is 0 Å². The molecule has 5 nitrogen and oxygen atoms in total. The first-order valence-corrected chi connectivity index (χ1v) is 7.62. The van der Waals surface area contributed by atoms with Crippen LogP contribution in [-0.2, 0) is 4.74 Å². The third kappa shape index (κ3) is 4.11. The van der Waals surface area contributed by atoms with E-state index in [1.807, 2.05) is 13.1 Å². The second-order valence-electron chi connectivity index (χ2n) is 5.46. The maximum absolute atomic E-state index is 11.8. The Morgan fingerprint density at radius 3 is 2.76 bits per heavy atom. The highest BCUT2D eigenvalue weighted by Gasteiger charge is 2.15. The normalized spacial score (nSPS) is 15.1. The molecule has 2 N–H and O–H groups in total. The Morgan fingerprint density at radius 1 is 1.38 bits per heavy atom. The van der Waals surface area contributed by atoms with Crippen LogP contribution in [0.1, 0.15) is 30.1 Å². The van der Waals surface area contributed by atoms with Crippen molar-refractivity contribution in [1.82, 2.24) is 4.90 Å². The first-order chi connectivity index (χ1) is 10.1. The molecule has 116 valence electrons. The fourth-order valence-electron chi connectivity index (χ4n) is 2.63. The predicted octanol–water partition coefficient (Wildman–Crippen LogP) is 1.98. The Balaban J connectivity index is 2.02. The van der Waals surface area contributed by atoms with Crippen LogP contribution in [0.15, 0.2) is 18.2 Å². The van der Waals surface area contributed by atoms with Gasteiger partial charge in [0, 0.05) is 20.1 Å². The number of carbonyl (C=O) groups is 1. The minimum Gasteiger partial charge on any atom is -0.462 e. The fraction of sp³-hybridized carbons (Fsp3) is 0.562. The molecule has 0 unspecified atom stereocenters. The zero-order valence-electron chi connectivity index (χ0n) is 13.0. The van der Waals surface area contributed by atoms with Gasteiger partial charge in [0.15, 0.2) is 0 Å². The van der Waals surface area contributed by atoms with E-state index in [2.05, 4.69) is 9.80 Å². The van der Waals surface area contributed by atoms with Gasteiger partial charge in [0.1, 0.15) is 0 Å². The van der Waals surface area contributed by atoms with E-state index in [9.17, 15) is 4.79 Å². The first kappa shape index (κ1) is 15.6. The quantitative estimate of drug-likeness (QED) is 0.641. The number of benzene rings is 1. The molecule has 0 bridgehead atoms. The lowest BCUT2D eigenvalue weighted by Gasteiger charge is -2.24. The monoisotopic (exact) mass is 291 g/mol. The van der Waals surface area contributed by atoms with Crippen LogP contribution in [0, 0.1) is 0 Å². The van der Waals surface area contributed by atoms with E-state index in [0.29, 0.717) is 17.9 Å². The van der Waals surface area contributed by atoms with Crippen molar-refractivity contribution < 1.29 is 9.53 Å². The average Bonchev–Trinajstić information content (AvgIpc) is 2.98. The second-order valence-corrected chi connectivity index (χ2v) is 5.46. The summed E-state index contributed by atoms with van der Waals surface area (Å²) in [4.78, 5) is 16.4. The van der Waals surface area contributed by atoms with E-state index in [-0.39, 0.29) is 5.97 Å². The molecule has 1 aromatic carbocycles. The average molecular weight is 291 g/mol. The summed E-state index contributed by atoms with van der Waals surface area (Å²) in [5.74, 6) is -0.299. The van der Waals surface area contributed by atoms with Gasteiger partial charge in [0.2, 0.25) is 0 Å². The summed E-state index contributed by atoms with van der Waals surface area (Å²) in [5.41, 5.74) is 8.17. The molecule has 0 atom stereocenters. The van der Waals surface area contributed by atoms with Crippen LogP contribution in [0.25, 0.3) is 0 Å². The molecule has 21 heavy (non-hydrogen) atoms. The van der Waals surface area contributed by atoms with Crippen molar-refractivity contribution in [3.05, 3.63) is 23.8 Å². The summed E-state index contributed by atoms with van der Waals surface area (Å²) < 4.78 is 5.04. The van der Waals surface area contributed by atoms with E-state index in [1.54, 1.807) is 19.1 Å². The van der Waals surface area contributed by atoms with Crippen LogP contribution < -0.4 is 10.6 Å². The largest absolute Gasteiger partial charge is 0.462 e. The van der Waals surface area contributed by atoms with Gasteiger partial charge in [-0.05, 0) is 51.1 Å². The molecule has 5 heteroatoms. The number of hydrogen-bond acceptors (Lipinski definition) is 5. The third-order valence-electron chi connectivity index (χ3n) is 3.90. The van der Waals surface area contributed by atoms with Crippen molar-refractivity contribution in [2.75, 3.05) is 50.5 Å². The van der Waals surface area contributed by atoms with Crippen LogP contribution in [0.4, 0.5) is 11.4 Å². The predicted molar refractivity (Wildman–Crippen MR) is 85.8 cm³/mol. The number of esters is 1. The van der Waals surface area contributed by atoms with Gasteiger partial charge in [0.25, 0.3) is 0 Å². The number of nitrogens with two attached hydrogens (primary N) is 1. The Hall–Kier alpha value is -1.75. The molecular weight excluding hydrogens is 266 g/mol. The lowest BCUT2D eigenvalue weighted by atomic mass is 10.1. The molecule has 1 saturated heterocycles. The number of hydrogen-bond donors (Lipinski definition) is 1. The highest BCUT2D eigenvalue weighted by molar-refractivity contribution is 5.92. The van der Waals surface area contributed by atoms with Gasteiger partial charge in [0.05, 0.1) is 23.5 Å². The summed E-state index contributed by atoms with van der Waals surface area (Å²) in [7, 11) is 2.01. The second kappa shape index (κ2) is 7.31. The van der Waals surface area contributed by atoms with Crippen LogP contribution in [0.3, 0.4) is 0 Å². The molecule has 2 rings (SSSR count). The summed E-state index contributed by atoms with van der Waals surface area (Å²) in [6.45, 7) is 6.48. The van der Waals surface area contributed by atoms with E-state index in [4.69, 9.17) is 10.5 Å². The number of nitrogen functional groups attached to an aromatic ring is 1. The highest BCUT2D eigenvalue weighted by atomic mass is 16.5. The van der Waals surface area contributed by atoms with Crippen molar-refractivity contribution >= 4 is 17.3 Å². The number of likely N-dealkylation sites (tertiary alicyclic amines) is 1. The fourth-order valence-corrected chi connectivity index (χ4v) is 2.63. The third-order valence-corrected chi connectivity index (χ3v) is 3.90. The van der Waals surface area contributed by atoms with E-state index in [1.165, 1.54) is 25.9 Å². The minimum absolute atomic E-state index is 0.299. The molecule has 0 aliphatic carbocycles. The molecule has 1 fully saturated rings. The van der Waals surface area contributed by atoms with Gasteiger partial charge in [-0.3, -0.25) is 0 Å². The molecule has 1 aliphatic rings. The smallest absolute Gasteiger partial charge is 0.338 e. The van der Waals surface area contributed by atoms with Crippen molar-refractivity contribution in [3.8, 4) is 0 Å². The standard InChI is InChI=1S/C16H25N3O2/c1-3-21-16(20)13-6-7-14(17)15(12-13)18(2)10-11-19-8-4-5-9-19/h6-7,12H,3-5,8-11,17H2,1-2H3. The number of likely N-dealkylation sites (N-methyl/N-ethyl adjacent to an activating group) is 1. The molecule has 0 saturated carbocycles. The zero-order valence-corrected chi connectivity index (χ0v) is 13.0. The minimum atomic E-state index is -0.299. The van der Waals surface area contributed by atoms with Crippen molar-refractivity contribution in [2.45, 2.75) is 19.8 Å². The molecular formula is C16H25N3O2. The maximum Gasteiger partial charge on any atom is 0.338 e. The summed E-state index contributed by atoms with van der Waals surface area (Å²) >= 11 is 0. The van der Waals surface area contributed by atoms with E-state index in [0.717, 1.165) is 18.8 Å². The van der Waals surface area contributed by atoms with E-state index < -0.39 is 0 Å². The summed E-state index contributed by atoms with van der Waals surface area (Å²) in [6.07, 6.45) is 2.59. The van der Waals surface area contributed by atoms with Gasteiger partial charge >= 0.3 is 5.97 Å². The van der Waals surface area contributed by atoms with Gasteiger partial charge in [-0.1, -0.05) is 0 Å². The maximum atomic E-state index is 11.8. The molecule has 0 aromatic heterocycles. The number of anilines is 2.